The summed E-state index contributed by atoms with van der Waals surface area (Å²) < 4.78 is 0.746. The number of rotatable bonds is 3. The summed E-state index contributed by atoms with van der Waals surface area (Å²) >= 11 is 3.46. The summed E-state index contributed by atoms with van der Waals surface area (Å²) in [4.78, 5) is 10.8. The lowest BCUT2D eigenvalue weighted by Crippen LogP contribution is -2.02. The minimum Gasteiger partial charge on any atom is -0.481 e. The predicted octanol–water partition coefficient (Wildman–Crippen LogP) is 3.35. The number of carboxylic acids is 1. The van der Waals surface area contributed by atoms with E-state index in [2.05, 4.69) is 44.3 Å². The normalized spacial score (nSPS) is 14.1. The molecular weight excluding hydrogens is 320 g/mol. The first-order valence-electron chi connectivity index (χ1n) is 6.72. The van der Waals surface area contributed by atoms with Crippen LogP contribution in [0.15, 0.2) is 22.7 Å². The number of carbonyl (C=O) groups is 1. The number of aromatic amines is 1. The van der Waals surface area contributed by atoms with Gasteiger partial charge in [0.15, 0.2) is 0 Å². The molecular formula is C15H15BrN2O2. The molecule has 3 rings (SSSR count). The molecule has 4 nitrogen and oxygen atoms in total. The van der Waals surface area contributed by atoms with Crippen molar-refractivity contribution >= 4 is 21.9 Å². The van der Waals surface area contributed by atoms with E-state index >= 15 is 0 Å². The number of H-pyrrole nitrogens is 1. The zero-order chi connectivity index (χ0) is 14.1. The van der Waals surface area contributed by atoms with Crippen LogP contribution in [0.4, 0.5) is 0 Å². The van der Waals surface area contributed by atoms with Crippen molar-refractivity contribution in [2.45, 2.75) is 32.1 Å². The van der Waals surface area contributed by atoms with Crippen LogP contribution >= 0.6 is 15.9 Å². The van der Waals surface area contributed by atoms with Crippen LogP contribution in [0.1, 0.15) is 29.7 Å². The third-order valence-corrected chi connectivity index (χ3v) is 4.58. The summed E-state index contributed by atoms with van der Waals surface area (Å²) in [5.74, 6) is -0.869. The Kier molecular flexibility index (Phi) is 3.61. The van der Waals surface area contributed by atoms with Crippen LogP contribution in [0, 0.1) is 0 Å². The van der Waals surface area contributed by atoms with Crippen molar-refractivity contribution in [1.29, 1.82) is 0 Å². The van der Waals surface area contributed by atoms with Gasteiger partial charge in [-0.15, -0.1) is 0 Å². The van der Waals surface area contributed by atoms with E-state index in [0.29, 0.717) is 5.69 Å². The molecule has 0 unspecified atom stereocenters. The molecule has 0 fully saturated rings. The summed E-state index contributed by atoms with van der Waals surface area (Å²) in [6.07, 6.45) is 4.72. The molecule has 104 valence electrons. The number of hydrogen-bond acceptors (Lipinski definition) is 2. The fourth-order valence-electron chi connectivity index (χ4n) is 2.70. The van der Waals surface area contributed by atoms with Crippen LogP contribution in [0.25, 0.3) is 11.3 Å². The van der Waals surface area contributed by atoms with Crippen molar-refractivity contribution in [1.82, 2.24) is 10.2 Å². The maximum absolute atomic E-state index is 10.8. The Hall–Kier alpha value is -1.62. The number of hydrogen-bond donors (Lipinski definition) is 2. The highest BCUT2D eigenvalue weighted by molar-refractivity contribution is 9.10. The highest BCUT2D eigenvalue weighted by atomic mass is 79.9. The van der Waals surface area contributed by atoms with Crippen molar-refractivity contribution in [3.63, 3.8) is 0 Å². The first-order valence-corrected chi connectivity index (χ1v) is 7.51. The van der Waals surface area contributed by atoms with Gasteiger partial charge in [0, 0.05) is 5.56 Å². The van der Waals surface area contributed by atoms with E-state index in [1.165, 1.54) is 24.0 Å². The number of aryl methyl sites for hydroxylation is 2. The number of halogens is 1. The molecule has 0 radical (unpaired) electrons. The largest absolute Gasteiger partial charge is 0.481 e. The van der Waals surface area contributed by atoms with Gasteiger partial charge in [0.05, 0.1) is 16.6 Å². The van der Waals surface area contributed by atoms with Gasteiger partial charge in [0.2, 0.25) is 0 Å². The molecule has 1 aliphatic rings. The Bertz CT molecular complexity index is 664. The second-order valence-electron chi connectivity index (χ2n) is 5.13. The molecule has 1 aliphatic carbocycles. The number of nitrogens with zero attached hydrogens (tertiary/aromatic N) is 1. The highest BCUT2D eigenvalue weighted by Crippen LogP contribution is 2.32. The average molecular weight is 335 g/mol. The van der Waals surface area contributed by atoms with E-state index < -0.39 is 5.97 Å². The Morgan fingerprint density at radius 2 is 2.05 bits per heavy atom. The van der Waals surface area contributed by atoms with E-state index in [1.807, 2.05) is 0 Å². The lowest BCUT2D eigenvalue weighted by atomic mass is 9.90. The molecule has 0 aliphatic heterocycles. The number of carboxylic acid groups (broad SMARTS) is 1. The molecule has 0 saturated carbocycles. The number of nitrogens with one attached hydrogen (secondary N) is 1. The van der Waals surface area contributed by atoms with Crippen molar-refractivity contribution < 1.29 is 9.90 Å². The van der Waals surface area contributed by atoms with Crippen LogP contribution in [0.2, 0.25) is 0 Å². The summed E-state index contributed by atoms with van der Waals surface area (Å²) in [7, 11) is 0. The maximum atomic E-state index is 10.8. The summed E-state index contributed by atoms with van der Waals surface area (Å²) in [6, 6.07) is 6.41. The standard InChI is InChI=1S/C15H15BrN2O2/c16-14-12(8-13(19)20)17-18-15(14)11-6-5-9-3-1-2-4-10(9)7-11/h5-7H,1-4,8H2,(H,17,18)(H,19,20). The van der Waals surface area contributed by atoms with Gasteiger partial charge in [-0.3, -0.25) is 9.89 Å². The topological polar surface area (TPSA) is 66.0 Å². The fraction of sp³-hybridized carbons (Fsp3) is 0.333. The predicted molar refractivity (Wildman–Crippen MR) is 79.7 cm³/mol. The number of benzene rings is 1. The molecule has 1 heterocycles. The van der Waals surface area contributed by atoms with Gasteiger partial charge < -0.3 is 5.11 Å². The highest BCUT2D eigenvalue weighted by Gasteiger charge is 2.16. The molecule has 0 saturated heterocycles. The Morgan fingerprint density at radius 3 is 2.80 bits per heavy atom. The lowest BCUT2D eigenvalue weighted by molar-refractivity contribution is -0.136. The third-order valence-electron chi connectivity index (χ3n) is 3.73. The molecule has 1 aromatic heterocycles. The van der Waals surface area contributed by atoms with Gasteiger partial charge in [-0.25, -0.2) is 0 Å². The molecule has 2 aromatic rings. The van der Waals surface area contributed by atoms with Gasteiger partial charge >= 0.3 is 5.97 Å². The van der Waals surface area contributed by atoms with Crippen molar-refractivity contribution in [2.75, 3.05) is 0 Å². The van der Waals surface area contributed by atoms with Crippen LogP contribution in [0.3, 0.4) is 0 Å². The molecule has 20 heavy (non-hydrogen) atoms. The van der Waals surface area contributed by atoms with E-state index in [0.717, 1.165) is 28.6 Å². The molecule has 1 aromatic carbocycles. The van der Waals surface area contributed by atoms with Gasteiger partial charge in [0.25, 0.3) is 0 Å². The van der Waals surface area contributed by atoms with E-state index in [1.54, 1.807) is 0 Å². The quantitative estimate of drug-likeness (QED) is 0.904. The Labute approximate surface area is 125 Å². The zero-order valence-electron chi connectivity index (χ0n) is 10.9. The van der Waals surface area contributed by atoms with Crippen LogP contribution in [-0.4, -0.2) is 21.3 Å². The van der Waals surface area contributed by atoms with Gasteiger partial charge in [-0.2, -0.15) is 5.10 Å². The summed E-state index contributed by atoms with van der Waals surface area (Å²) in [6.45, 7) is 0. The fourth-order valence-corrected chi connectivity index (χ4v) is 3.25. The summed E-state index contributed by atoms with van der Waals surface area (Å²) in [5.41, 5.74) is 5.24. The smallest absolute Gasteiger partial charge is 0.309 e. The van der Waals surface area contributed by atoms with Crippen LogP contribution in [0.5, 0.6) is 0 Å². The first kappa shape index (κ1) is 13.4. The van der Waals surface area contributed by atoms with E-state index in [-0.39, 0.29) is 6.42 Å². The minimum atomic E-state index is -0.869. The third kappa shape index (κ3) is 2.50. The SMILES string of the molecule is O=C(O)Cc1[nH]nc(-c2ccc3c(c2)CCCC3)c1Br. The number of aliphatic carboxylic acids is 1. The molecule has 0 bridgehead atoms. The molecule has 0 amide bonds. The van der Waals surface area contributed by atoms with Crippen molar-refractivity contribution in [3.8, 4) is 11.3 Å². The maximum Gasteiger partial charge on any atom is 0.309 e. The van der Waals surface area contributed by atoms with Crippen LogP contribution in [-0.2, 0) is 24.1 Å². The number of fused-ring (bicyclic) bond motifs is 1. The van der Waals surface area contributed by atoms with Gasteiger partial charge in [0.1, 0.15) is 5.69 Å². The first-order chi connectivity index (χ1) is 9.65. The Balaban J connectivity index is 1.97. The van der Waals surface area contributed by atoms with Crippen LogP contribution < -0.4 is 0 Å². The van der Waals surface area contributed by atoms with E-state index in [9.17, 15) is 4.79 Å². The molecule has 0 spiro atoms. The monoisotopic (exact) mass is 334 g/mol. The average Bonchev–Trinajstić information content (AvgIpc) is 2.79. The lowest BCUT2D eigenvalue weighted by Gasteiger charge is -2.16. The molecule has 5 heteroatoms. The molecule has 2 N–H and O–H groups in total. The van der Waals surface area contributed by atoms with Gasteiger partial charge in [-0.1, -0.05) is 12.1 Å². The summed E-state index contributed by atoms with van der Waals surface area (Å²) in [5, 5.41) is 15.9. The second kappa shape index (κ2) is 5.40. The minimum absolute atomic E-state index is 0.0570. The molecule has 0 atom stereocenters. The second-order valence-corrected chi connectivity index (χ2v) is 5.92. The van der Waals surface area contributed by atoms with Crippen molar-refractivity contribution in [2.24, 2.45) is 0 Å². The van der Waals surface area contributed by atoms with Gasteiger partial charge in [-0.05, 0) is 58.8 Å². The van der Waals surface area contributed by atoms with E-state index in [4.69, 9.17) is 5.11 Å². The van der Waals surface area contributed by atoms with Crippen molar-refractivity contribution in [3.05, 3.63) is 39.5 Å². The number of aromatic nitrogens is 2. The zero-order valence-corrected chi connectivity index (χ0v) is 12.5. The Morgan fingerprint density at radius 1 is 1.30 bits per heavy atom.